The standard InChI is InChI=1S/C9H13N5O2/c10-6-4-7(15)11-9-12-8(13-14(6)9)5-2-1-3-16-5/h1-3,6,8-9,12-13H,4,10H2,(H,11,15). The molecule has 2 saturated heterocycles. The maximum atomic E-state index is 11.3. The second-order valence-corrected chi connectivity index (χ2v) is 3.89. The van der Waals surface area contributed by atoms with Gasteiger partial charge in [0, 0.05) is 0 Å². The van der Waals surface area contributed by atoms with Gasteiger partial charge in [-0.2, -0.15) is 5.01 Å². The summed E-state index contributed by atoms with van der Waals surface area (Å²) < 4.78 is 5.28. The third-order valence-electron chi connectivity index (χ3n) is 2.76. The highest BCUT2D eigenvalue weighted by Crippen LogP contribution is 2.20. The molecule has 1 aromatic rings. The van der Waals surface area contributed by atoms with Crippen LogP contribution in [0.1, 0.15) is 18.3 Å². The minimum Gasteiger partial charge on any atom is -0.466 e. The van der Waals surface area contributed by atoms with Crippen LogP contribution in [0.5, 0.6) is 0 Å². The number of hydrogen-bond donors (Lipinski definition) is 4. The number of furan rings is 1. The SMILES string of the molecule is NC1CC(=O)NC2NC(c3ccco3)NN12. The molecule has 7 heteroatoms. The summed E-state index contributed by atoms with van der Waals surface area (Å²) in [4.78, 5) is 11.3. The number of nitrogens with two attached hydrogens (primary N) is 1. The lowest BCUT2D eigenvalue weighted by Crippen LogP contribution is -2.63. The van der Waals surface area contributed by atoms with Crippen molar-refractivity contribution >= 4 is 5.91 Å². The fourth-order valence-corrected chi connectivity index (χ4v) is 2.00. The van der Waals surface area contributed by atoms with Crippen molar-refractivity contribution in [2.75, 3.05) is 0 Å². The molecule has 0 aliphatic carbocycles. The Morgan fingerprint density at radius 2 is 2.44 bits per heavy atom. The Hall–Kier alpha value is -1.41. The van der Waals surface area contributed by atoms with E-state index in [0.29, 0.717) is 0 Å². The molecule has 0 saturated carbocycles. The summed E-state index contributed by atoms with van der Waals surface area (Å²) in [6.07, 6.45) is 1.12. The molecule has 1 amide bonds. The van der Waals surface area contributed by atoms with E-state index in [4.69, 9.17) is 10.2 Å². The van der Waals surface area contributed by atoms with Gasteiger partial charge < -0.3 is 15.5 Å². The molecule has 5 N–H and O–H groups in total. The van der Waals surface area contributed by atoms with Gasteiger partial charge in [-0.15, -0.1) is 0 Å². The van der Waals surface area contributed by atoms with Crippen LogP contribution in [0.2, 0.25) is 0 Å². The van der Waals surface area contributed by atoms with Crippen LogP contribution < -0.4 is 21.8 Å². The molecular weight excluding hydrogens is 210 g/mol. The lowest BCUT2D eigenvalue weighted by Gasteiger charge is -2.33. The van der Waals surface area contributed by atoms with Crippen molar-refractivity contribution in [3.05, 3.63) is 24.2 Å². The van der Waals surface area contributed by atoms with E-state index in [1.807, 2.05) is 12.1 Å². The van der Waals surface area contributed by atoms with Gasteiger partial charge in [0.05, 0.1) is 18.8 Å². The van der Waals surface area contributed by atoms with Gasteiger partial charge in [0.15, 0.2) is 6.29 Å². The number of amides is 1. The Balaban J connectivity index is 1.78. The van der Waals surface area contributed by atoms with Crippen LogP contribution in [0.25, 0.3) is 0 Å². The van der Waals surface area contributed by atoms with E-state index in [-0.39, 0.29) is 30.9 Å². The fourth-order valence-electron chi connectivity index (χ4n) is 2.00. The smallest absolute Gasteiger partial charge is 0.225 e. The van der Waals surface area contributed by atoms with E-state index < -0.39 is 0 Å². The molecule has 2 fully saturated rings. The zero-order valence-electron chi connectivity index (χ0n) is 8.51. The number of nitrogens with one attached hydrogen (secondary N) is 3. The lowest BCUT2D eigenvalue weighted by molar-refractivity contribution is -0.129. The maximum absolute atomic E-state index is 11.3. The molecule has 1 aromatic heterocycles. The molecule has 2 aliphatic rings. The Bertz CT molecular complexity index is 393. The molecular formula is C9H13N5O2. The highest BCUT2D eigenvalue weighted by Gasteiger charge is 2.40. The van der Waals surface area contributed by atoms with Crippen LogP contribution in [0.4, 0.5) is 0 Å². The molecule has 16 heavy (non-hydrogen) atoms. The number of fused-ring (bicyclic) bond motifs is 1. The number of carbonyl (C=O) groups is 1. The predicted molar refractivity (Wildman–Crippen MR) is 54.1 cm³/mol. The van der Waals surface area contributed by atoms with Crippen LogP contribution >= 0.6 is 0 Å². The van der Waals surface area contributed by atoms with E-state index in [9.17, 15) is 4.79 Å². The molecule has 3 rings (SSSR count). The summed E-state index contributed by atoms with van der Waals surface area (Å²) >= 11 is 0. The fraction of sp³-hybridized carbons (Fsp3) is 0.444. The molecule has 0 radical (unpaired) electrons. The van der Waals surface area contributed by atoms with Crippen molar-refractivity contribution in [2.24, 2.45) is 5.73 Å². The van der Waals surface area contributed by atoms with E-state index in [0.717, 1.165) is 5.76 Å². The minimum absolute atomic E-state index is 0.0526. The van der Waals surface area contributed by atoms with Crippen molar-refractivity contribution in [1.82, 2.24) is 21.1 Å². The summed E-state index contributed by atoms with van der Waals surface area (Å²) in [6.45, 7) is 0. The second-order valence-electron chi connectivity index (χ2n) is 3.89. The van der Waals surface area contributed by atoms with Crippen molar-refractivity contribution in [3.63, 3.8) is 0 Å². The van der Waals surface area contributed by atoms with Gasteiger partial charge in [-0.05, 0) is 12.1 Å². The van der Waals surface area contributed by atoms with Crippen molar-refractivity contribution < 1.29 is 9.21 Å². The first-order valence-corrected chi connectivity index (χ1v) is 5.13. The molecule has 0 aromatic carbocycles. The molecule has 0 spiro atoms. The predicted octanol–water partition coefficient (Wildman–Crippen LogP) is -1.22. The average molecular weight is 223 g/mol. The van der Waals surface area contributed by atoms with Gasteiger partial charge in [-0.3, -0.25) is 10.1 Å². The third kappa shape index (κ3) is 1.50. The minimum atomic E-state index is -0.328. The van der Waals surface area contributed by atoms with Gasteiger partial charge in [-0.25, -0.2) is 5.43 Å². The molecule has 3 unspecified atom stereocenters. The summed E-state index contributed by atoms with van der Waals surface area (Å²) in [5, 5.41) is 7.74. The molecule has 3 heterocycles. The first-order valence-electron chi connectivity index (χ1n) is 5.13. The summed E-state index contributed by atoms with van der Waals surface area (Å²) in [6, 6.07) is 3.67. The summed E-state index contributed by atoms with van der Waals surface area (Å²) in [5.41, 5.74) is 9.01. The van der Waals surface area contributed by atoms with E-state index in [1.165, 1.54) is 0 Å². The Labute approximate surface area is 91.9 Å². The van der Waals surface area contributed by atoms with Gasteiger partial charge in [-0.1, -0.05) is 0 Å². The largest absolute Gasteiger partial charge is 0.466 e. The number of hydrazine groups is 1. The van der Waals surface area contributed by atoms with Gasteiger partial charge >= 0.3 is 0 Å². The van der Waals surface area contributed by atoms with Crippen molar-refractivity contribution in [1.29, 1.82) is 0 Å². The first kappa shape index (κ1) is 9.79. The molecule has 86 valence electrons. The van der Waals surface area contributed by atoms with Crippen molar-refractivity contribution in [2.45, 2.75) is 25.0 Å². The van der Waals surface area contributed by atoms with Crippen LogP contribution in [0.3, 0.4) is 0 Å². The monoisotopic (exact) mass is 223 g/mol. The topological polar surface area (TPSA) is 95.6 Å². The van der Waals surface area contributed by atoms with Gasteiger partial charge in [0.25, 0.3) is 0 Å². The molecule has 3 atom stereocenters. The maximum Gasteiger partial charge on any atom is 0.225 e. The third-order valence-corrected chi connectivity index (χ3v) is 2.76. The highest BCUT2D eigenvalue weighted by atomic mass is 16.3. The average Bonchev–Trinajstić information content (AvgIpc) is 2.82. The Kier molecular flexibility index (Phi) is 2.18. The second kappa shape index (κ2) is 3.56. The van der Waals surface area contributed by atoms with Crippen LogP contribution in [-0.2, 0) is 4.79 Å². The zero-order valence-corrected chi connectivity index (χ0v) is 8.51. The Morgan fingerprint density at radius 1 is 1.56 bits per heavy atom. The van der Waals surface area contributed by atoms with Crippen LogP contribution in [0, 0.1) is 0 Å². The Morgan fingerprint density at radius 3 is 3.19 bits per heavy atom. The highest BCUT2D eigenvalue weighted by molar-refractivity contribution is 5.77. The number of rotatable bonds is 1. The molecule has 0 bridgehead atoms. The van der Waals surface area contributed by atoms with E-state index in [2.05, 4.69) is 16.1 Å². The molecule has 7 nitrogen and oxygen atoms in total. The van der Waals surface area contributed by atoms with E-state index >= 15 is 0 Å². The quantitative estimate of drug-likeness (QED) is 0.476. The van der Waals surface area contributed by atoms with Crippen LogP contribution in [-0.4, -0.2) is 23.4 Å². The lowest BCUT2D eigenvalue weighted by atomic mass is 10.3. The normalized spacial score (nSPS) is 34.8. The summed E-state index contributed by atoms with van der Waals surface area (Å²) in [7, 11) is 0. The van der Waals surface area contributed by atoms with Crippen molar-refractivity contribution in [3.8, 4) is 0 Å². The number of nitrogens with zero attached hydrogens (tertiary/aromatic N) is 1. The number of carbonyl (C=O) groups excluding carboxylic acids is 1. The van der Waals surface area contributed by atoms with E-state index in [1.54, 1.807) is 11.3 Å². The first-order chi connectivity index (χ1) is 7.74. The van der Waals surface area contributed by atoms with Gasteiger partial charge in [0.1, 0.15) is 11.9 Å². The van der Waals surface area contributed by atoms with Crippen LogP contribution in [0.15, 0.2) is 22.8 Å². The molecule has 2 aliphatic heterocycles. The van der Waals surface area contributed by atoms with Gasteiger partial charge in [0.2, 0.25) is 5.91 Å². The number of hydrogen-bond acceptors (Lipinski definition) is 6. The summed E-state index contributed by atoms with van der Waals surface area (Å²) in [5.74, 6) is 0.707. The zero-order chi connectivity index (χ0) is 11.1.